The van der Waals surface area contributed by atoms with E-state index in [-0.39, 0.29) is 23.3 Å². The molecular weight excluding hydrogens is 394 g/mol. The molecule has 4 saturated carbocycles. The molecule has 0 saturated heterocycles. The lowest BCUT2D eigenvalue weighted by Crippen LogP contribution is -2.56. The summed E-state index contributed by atoms with van der Waals surface area (Å²) in [6, 6.07) is 7.39. The molecule has 0 unspecified atom stereocenters. The highest BCUT2D eigenvalue weighted by atomic mass is 32.1. The van der Waals surface area contributed by atoms with Crippen molar-refractivity contribution in [3.05, 3.63) is 29.3 Å². The van der Waals surface area contributed by atoms with Crippen LogP contribution in [0.5, 0.6) is 0 Å². The van der Waals surface area contributed by atoms with Crippen LogP contribution < -0.4 is 5.32 Å². The fraction of sp³-hybridized carbons (Fsp3) is 0.625. The Labute approximate surface area is 182 Å². The molecule has 1 aromatic carbocycles. The summed E-state index contributed by atoms with van der Waals surface area (Å²) in [6.45, 7) is 3.82. The highest BCUT2D eigenvalue weighted by molar-refractivity contribution is 7.18. The van der Waals surface area contributed by atoms with E-state index >= 15 is 0 Å². The number of para-hydroxylation sites is 1. The summed E-state index contributed by atoms with van der Waals surface area (Å²) in [4.78, 5) is 32.8. The Balaban J connectivity index is 1.26. The lowest BCUT2D eigenvalue weighted by molar-refractivity contribution is -0.149. The second kappa shape index (κ2) is 7.33. The molecule has 5 nitrogen and oxygen atoms in total. The van der Waals surface area contributed by atoms with Crippen LogP contribution in [0.15, 0.2) is 24.3 Å². The highest BCUT2D eigenvalue weighted by Crippen LogP contribution is 2.60. The predicted molar refractivity (Wildman–Crippen MR) is 119 cm³/mol. The third-order valence-electron chi connectivity index (χ3n) is 7.83. The molecule has 4 aliphatic carbocycles. The number of fused-ring (bicyclic) bond motifs is 1. The Morgan fingerprint density at radius 1 is 1.10 bits per heavy atom. The topological polar surface area (TPSA) is 62.3 Å². The summed E-state index contributed by atoms with van der Waals surface area (Å²) in [5.41, 5.74) is 0.744. The molecule has 0 radical (unpaired) electrons. The second-order valence-corrected chi connectivity index (χ2v) is 11.1. The van der Waals surface area contributed by atoms with E-state index in [9.17, 15) is 9.59 Å². The van der Waals surface area contributed by atoms with Crippen LogP contribution in [-0.4, -0.2) is 34.8 Å². The largest absolute Gasteiger partial charge is 0.344 e. The van der Waals surface area contributed by atoms with E-state index in [1.54, 1.807) is 16.2 Å². The fourth-order valence-corrected chi connectivity index (χ4v) is 7.59. The van der Waals surface area contributed by atoms with Crippen LogP contribution in [0.1, 0.15) is 63.4 Å². The molecule has 6 rings (SSSR count). The van der Waals surface area contributed by atoms with Crippen molar-refractivity contribution in [2.24, 2.45) is 23.2 Å². The SMILES string of the molecule is C[C@H](NC(=O)C12CC3CC(CC(C3)C1)C2)C(=O)N(C)[C@H](C)c1nc2ccccc2s1. The molecule has 4 fully saturated rings. The molecule has 2 amide bonds. The number of carbonyl (C=O) groups is 2. The maximum Gasteiger partial charge on any atom is 0.245 e. The number of nitrogens with one attached hydrogen (secondary N) is 1. The molecular formula is C24H31N3O2S. The minimum absolute atomic E-state index is 0.0557. The monoisotopic (exact) mass is 425 g/mol. The van der Waals surface area contributed by atoms with E-state index < -0.39 is 6.04 Å². The molecule has 6 heteroatoms. The first-order valence-corrected chi connectivity index (χ1v) is 12.1. The van der Waals surface area contributed by atoms with Gasteiger partial charge in [0.2, 0.25) is 11.8 Å². The van der Waals surface area contributed by atoms with E-state index in [4.69, 9.17) is 4.98 Å². The number of likely N-dealkylation sites (N-methyl/N-ethyl adjacent to an activating group) is 1. The zero-order chi connectivity index (χ0) is 21.0. The summed E-state index contributed by atoms with van der Waals surface area (Å²) >= 11 is 1.62. The van der Waals surface area contributed by atoms with Gasteiger partial charge in [0.25, 0.3) is 0 Å². The first-order valence-electron chi connectivity index (χ1n) is 11.3. The zero-order valence-electron chi connectivity index (χ0n) is 18.1. The predicted octanol–water partition coefficient (Wildman–Crippen LogP) is 4.54. The van der Waals surface area contributed by atoms with Gasteiger partial charge in [0, 0.05) is 12.5 Å². The quantitative estimate of drug-likeness (QED) is 0.765. The molecule has 1 heterocycles. The maximum absolute atomic E-state index is 13.3. The van der Waals surface area contributed by atoms with Gasteiger partial charge in [-0.15, -0.1) is 11.3 Å². The van der Waals surface area contributed by atoms with E-state index in [0.717, 1.165) is 52.2 Å². The Bertz CT molecular complexity index is 915. The van der Waals surface area contributed by atoms with Crippen molar-refractivity contribution in [2.75, 3.05) is 7.05 Å². The van der Waals surface area contributed by atoms with Crippen LogP contribution in [0.3, 0.4) is 0 Å². The van der Waals surface area contributed by atoms with Gasteiger partial charge >= 0.3 is 0 Å². The van der Waals surface area contributed by atoms with Crippen LogP contribution >= 0.6 is 11.3 Å². The minimum atomic E-state index is -0.521. The van der Waals surface area contributed by atoms with Gasteiger partial charge in [0.1, 0.15) is 11.0 Å². The Kier molecular flexibility index (Phi) is 4.88. The molecule has 4 aliphatic rings. The minimum Gasteiger partial charge on any atom is -0.344 e. The zero-order valence-corrected chi connectivity index (χ0v) is 18.9. The number of thiazole rings is 1. The van der Waals surface area contributed by atoms with E-state index in [1.807, 2.05) is 39.1 Å². The van der Waals surface area contributed by atoms with Gasteiger partial charge in [-0.05, 0) is 82.3 Å². The van der Waals surface area contributed by atoms with Crippen LogP contribution in [0.4, 0.5) is 0 Å². The average molecular weight is 426 g/mol. The van der Waals surface area contributed by atoms with E-state index in [1.165, 1.54) is 19.3 Å². The molecule has 30 heavy (non-hydrogen) atoms. The fourth-order valence-electron chi connectivity index (χ4n) is 6.53. The number of rotatable bonds is 5. The maximum atomic E-state index is 13.3. The first-order chi connectivity index (χ1) is 14.3. The van der Waals surface area contributed by atoms with Crippen molar-refractivity contribution in [3.8, 4) is 0 Å². The number of carbonyl (C=O) groups excluding carboxylic acids is 2. The number of hydrogen-bond acceptors (Lipinski definition) is 4. The van der Waals surface area contributed by atoms with Crippen molar-refractivity contribution in [1.29, 1.82) is 0 Å². The summed E-state index contributed by atoms with van der Waals surface area (Å²) < 4.78 is 1.13. The van der Waals surface area contributed by atoms with E-state index in [2.05, 4.69) is 11.4 Å². The average Bonchev–Trinajstić information content (AvgIpc) is 3.15. The van der Waals surface area contributed by atoms with Crippen LogP contribution in [0, 0.1) is 23.2 Å². The van der Waals surface area contributed by atoms with Gasteiger partial charge in [0.05, 0.1) is 16.3 Å². The van der Waals surface area contributed by atoms with E-state index in [0.29, 0.717) is 0 Å². The molecule has 160 valence electrons. The number of aromatic nitrogens is 1. The van der Waals surface area contributed by atoms with Crippen molar-refractivity contribution >= 4 is 33.4 Å². The molecule has 1 N–H and O–H groups in total. The number of benzene rings is 1. The Morgan fingerprint density at radius 3 is 2.30 bits per heavy atom. The second-order valence-electron chi connectivity index (χ2n) is 10.0. The smallest absolute Gasteiger partial charge is 0.245 e. The van der Waals surface area contributed by atoms with Crippen molar-refractivity contribution < 1.29 is 9.59 Å². The number of amides is 2. The van der Waals surface area contributed by atoms with Gasteiger partial charge < -0.3 is 10.2 Å². The summed E-state index contributed by atoms with van der Waals surface area (Å²) in [7, 11) is 1.81. The molecule has 4 bridgehead atoms. The molecule has 1 aromatic heterocycles. The number of nitrogens with zero attached hydrogens (tertiary/aromatic N) is 2. The highest BCUT2D eigenvalue weighted by Gasteiger charge is 2.54. The van der Waals surface area contributed by atoms with Gasteiger partial charge in [-0.25, -0.2) is 4.98 Å². The summed E-state index contributed by atoms with van der Waals surface area (Å²) in [6.07, 6.45) is 6.98. The van der Waals surface area contributed by atoms with Crippen LogP contribution in [0.2, 0.25) is 0 Å². The third kappa shape index (κ3) is 3.33. The lowest BCUT2D eigenvalue weighted by atomic mass is 9.49. The van der Waals surface area contributed by atoms with Crippen molar-refractivity contribution in [3.63, 3.8) is 0 Å². The van der Waals surface area contributed by atoms with Gasteiger partial charge in [-0.1, -0.05) is 12.1 Å². The lowest BCUT2D eigenvalue weighted by Gasteiger charge is -2.55. The van der Waals surface area contributed by atoms with Gasteiger partial charge in [-0.2, -0.15) is 0 Å². The molecule has 2 atom stereocenters. The Morgan fingerprint density at radius 2 is 1.70 bits per heavy atom. The summed E-state index contributed by atoms with van der Waals surface area (Å²) in [5.74, 6) is 2.21. The summed E-state index contributed by atoms with van der Waals surface area (Å²) in [5, 5.41) is 4.03. The molecule has 2 aromatic rings. The van der Waals surface area contributed by atoms with Gasteiger partial charge in [-0.3, -0.25) is 9.59 Å². The normalized spacial score (nSPS) is 31.5. The molecule has 0 aliphatic heterocycles. The van der Waals surface area contributed by atoms with Crippen molar-refractivity contribution in [1.82, 2.24) is 15.2 Å². The Hall–Kier alpha value is -1.95. The molecule has 0 spiro atoms. The van der Waals surface area contributed by atoms with Crippen molar-refractivity contribution in [2.45, 2.75) is 64.5 Å². The van der Waals surface area contributed by atoms with Crippen LogP contribution in [-0.2, 0) is 9.59 Å². The first kappa shape index (κ1) is 20.0. The number of hydrogen-bond donors (Lipinski definition) is 1. The third-order valence-corrected chi connectivity index (χ3v) is 9.04. The standard InChI is InChI=1S/C24H31N3O2S/c1-14(25-23(29)24-11-16-8-17(12-24)10-18(9-16)13-24)22(28)27(3)15(2)21-26-19-6-4-5-7-20(19)30-21/h4-7,14-18H,8-13H2,1-3H3,(H,25,29)/t14-,15+,16?,17?,18?,24?/m0/s1. The van der Waals surface area contributed by atoms with Gasteiger partial charge in [0.15, 0.2) is 0 Å². The van der Waals surface area contributed by atoms with Crippen LogP contribution in [0.25, 0.3) is 10.2 Å².